The molecule has 0 aliphatic rings. The van der Waals surface area contributed by atoms with Crippen LogP contribution in [0, 0.1) is 13.8 Å². The Kier molecular flexibility index (Phi) is 10.2. The SMILES string of the molecule is COc1ccccc1/C=C(/NC(=O)c1ccccc1)C(=O)Nc1cccc(SC(C)C(=O)Nc2cc(C)cc(C)c2)c1. The summed E-state index contributed by atoms with van der Waals surface area (Å²) in [7, 11) is 1.54. The van der Waals surface area contributed by atoms with Crippen molar-refractivity contribution in [2.45, 2.75) is 30.9 Å². The van der Waals surface area contributed by atoms with Gasteiger partial charge in [0.15, 0.2) is 0 Å². The molecule has 3 amide bonds. The number of benzene rings is 4. The van der Waals surface area contributed by atoms with Gasteiger partial charge in [-0.3, -0.25) is 14.4 Å². The quantitative estimate of drug-likeness (QED) is 0.141. The van der Waals surface area contributed by atoms with Gasteiger partial charge >= 0.3 is 0 Å². The van der Waals surface area contributed by atoms with Crippen LogP contribution in [0.2, 0.25) is 0 Å². The van der Waals surface area contributed by atoms with Crippen LogP contribution in [0.15, 0.2) is 108 Å². The van der Waals surface area contributed by atoms with Crippen molar-refractivity contribution >= 4 is 46.9 Å². The van der Waals surface area contributed by atoms with Crippen molar-refractivity contribution in [1.29, 1.82) is 0 Å². The summed E-state index contributed by atoms with van der Waals surface area (Å²) in [6.45, 7) is 5.82. The van der Waals surface area contributed by atoms with Crippen molar-refractivity contribution in [3.05, 3.63) is 125 Å². The third-order valence-electron chi connectivity index (χ3n) is 6.23. The Bertz CT molecular complexity index is 1600. The molecule has 0 aliphatic carbocycles. The monoisotopic (exact) mass is 579 g/mol. The minimum absolute atomic E-state index is 0.0487. The Labute approximate surface area is 250 Å². The van der Waals surface area contributed by atoms with Crippen molar-refractivity contribution in [1.82, 2.24) is 5.32 Å². The standard InChI is InChI=1S/C34H33N3O4S/c1-22-17-23(2)19-28(18-22)36-32(38)24(3)42-29-15-10-14-27(21-29)35-34(40)30(20-26-13-8-9-16-31(26)41-4)37-33(39)25-11-6-5-7-12-25/h5-21,24H,1-4H3,(H,35,40)(H,36,38)(H,37,39)/b30-20+. The van der Waals surface area contributed by atoms with Gasteiger partial charge in [-0.1, -0.05) is 48.5 Å². The van der Waals surface area contributed by atoms with Gasteiger partial charge in [0.25, 0.3) is 11.8 Å². The summed E-state index contributed by atoms with van der Waals surface area (Å²) >= 11 is 1.38. The van der Waals surface area contributed by atoms with Crippen LogP contribution < -0.4 is 20.7 Å². The fourth-order valence-electron chi connectivity index (χ4n) is 4.28. The van der Waals surface area contributed by atoms with Crippen LogP contribution in [0.5, 0.6) is 5.75 Å². The van der Waals surface area contributed by atoms with Gasteiger partial charge in [-0.05, 0) is 86.5 Å². The molecule has 0 radical (unpaired) electrons. The highest BCUT2D eigenvalue weighted by atomic mass is 32.2. The molecule has 0 bridgehead atoms. The van der Waals surface area contributed by atoms with Crippen molar-refractivity contribution in [3.63, 3.8) is 0 Å². The van der Waals surface area contributed by atoms with Gasteiger partial charge in [-0.25, -0.2) is 0 Å². The minimum Gasteiger partial charge on any atom is -0.496 e. The number of nitrogens with one attached hydrogen (secondary N) is 3. The summed E-state index contributed by atoms with van der Waals surface area (Å²) in [4.78, 5) is 40.1. The molecule has 0 saturated carbocycles. The number of thioether (sulfide) groups is 1. The second kappa shape index (κ2) is 14.2. The summed E-state index contributed by atoms with van der Waals surface area (Å²) in [5.74, 6) is -0.485. The van der Waals surface area contributed by atoms with E-state index >= 15 is 0 Å². The Hall–Kier alpha value is -4.82. The molecule has 0 fully saturated rings. The summed E-state index contributed by atoms with van der Waals surface area (Å²) < 4.78 is 5.43. The van der Waals surface area contributed by atoms with Crippen molar-refractivity contribution < 1.29 is 19.1 Å². The van der Waals surface area contributed by atoms with Gasteiger partial charge in [0.05, 0.1) is 12.4 Å². The van der Waals surface area contributed by atoms with Crippen LogP contribution in [-0.2, 0) is 9.59 Å². The van der Waals surface area contributed by atoms with Crippen LogP contribution in [-0.4, -0.2) is 30.1 Å². The number of ether oxygens (including phenoxy) is 1. The van der Waals surface area contributed by atoms with E-state index in [1.54, 1.807) is 67.8 Å². The Morgan fingerprint density at radius 2 is 1.48 bits per heavy atom. The van der Waals surface area contributed by atoms with Gasteiger partial charge in [-0.2, -0.15) is 0 Å². The highest BCUT2D eigenvalue weighted by Gasteiger charge is 2.18. The molecule has 4 aromatic carbocycles. The maximum atomic E-state index is 13.5. The number of hydrogen-bond acceptors (Lipinski definition) is 5. The van der Waals surface area contributed by atoms with Gasteiger partial charge < -0.3 is 20.7 Å². The lowest BCUT2D eigenvalue weighted by Crippen LogP contribution is -2.30. The second-order valence-electron chi connectivity index (χ2n) is 9.73. The average molecular weight is 580 g/mol. The summed E-state index contributed by atoms with van der Waals surface area (Å²) in [6, 6.07) is 29.0. The molecular weight excluding hydrogens is 546 g/mol. The summed E-state index contributed by atoms with van der Waals surface area (Å²) in [6.07, 6.45) is 1.58. The number of rotatable bonds is 10. The number of amides is 3. The molecule has 214 valence electrons. The largest absolute Gasteiger partial charge is 0.496 e. The lowest BCUT2D eigenvalue weighted by Gasteiger charge is -2.15. The molecule has 1 unspecified atom stereocenters. The molecule has 0 saturated heterocycles. The van der Waals surface area contributed by atoms with E-state index in [1.165, 1.54) is 11.8 Å². The normalized spacial score (nSPS) is 11.8. The number of anilines is 2. The molecule has 4 aromatic rings. The molecular formula is C34H33N3O4S. The van der Waals surface area contributed by atoms with Gasteiger partial charge in [0, 0.05) is 27.4 Å². The molecule has 4 rings (SSSR count). The number of para-hydroxylation sites is 1. The highest BCUT2D eigenvalue weighted by molar-refractivity contribution is 8.00. The van der Waals surface area contributed by atoms with Crippen molar-refractivity contribution in [3.8, 4) is 5.75 Å². The molecule has 0 aromatic heterocycles. The fourth-order valence-corrected chi connectivity index (χ4v) is 5.20. The number of carbonyl (C=O) groups is 3. The third-order valence-corrected chi connectivity index (χ3v) is 7.32. The number of carbonyl (C=O) groups excluding carboxylic acids is 3. The van der Waals surface area contributed by atoms with Crippen LogP contribution in [0.4, 0.5) is 11.4 Å². The molecule has 0 aliphatic heterocycles. The zero-order valence-electron chi connectivity index (χ0n) is 23.9. The fraction of sp³-hybridized carbons (Fsp3) is 0.147. The zero-order valence-corrected chi connectivity index (χ0v) is 24.8. The van der Waals surface area contributed by atoms with E-state index in [2.05, 4.69) is 22.0 Å². The smallest absolute Gasteiger partial charge is 0.272 e. The first-order valence-electron chi connectivity index (χ1n) is 13.4. The third kappa shape index (κ3) is 8.34. The van der Waals surface area contributed by atoms with Crippen molar-refractivity contribution in [2.24, 2.45) is 0 Å². The van der Waals surface area contributed by atoms with Gasteiger partial charge in [0.2, 0.25) is 5.91 Å². The Morgan fingerprint density at radius 1 is 0.786 bits per heavy atom. The van der Waals surface area contributed by atoms with E-state index in [1.807, 2.05) is 57.2 Å². The molecule has 8 heteroatoms. The van der Waals surface area contributed by atoms with Crippen LogP contribution in [0.3, 0.4) is 0 Å². The number of methoxy groups -OCH3 is 1. The lowest BCUT2D eigenvalue weighted by molar-refractivity contribution is -0.115. The average Bonchev–Trinajstić information content (AvgIpc) is 2.97. The van der Waals surface area contributed by atoms with Gasteiger partial charge in [-0.15, -0.1) is 11.8 Å². The Morgan fingerprint density at radius 3 is 2.19 bits per heavy atom. The van der Waals surface area contributed by atoms with Crippen LogP contribution in [0.1, 0.15) is 34.0 Å². The van der Waals surface area contributed by atoms with Gasteiger partial charge in [0.1, 0.15) is 11.4 Å². The highest BCUT2D eigenvalue weighted by Crippen LogP contribution is 2.27. The summed E-state index contributed by atoms with van der Waals surface area (Å²) in [5, 5.41) is 8.21. The molecule has 0 heterocycles. The van der Waals surface area contributed by atoms with Crippen molar-refractivity contribution in [2.75, 3.05) is 17.7 Å². The summed E-state index contributed by atoms with van der Waals surface area (Å²) in [5.41, 5.74) is 4.53. The van der Waals surface area contributed by atoms with E-state index in [9.17, 15) is 14.4 Å². The molecule has 0 spiro atoms. The topological polar surface area (TPSA) is 96.5 Å². The van der Waals surface area contributed by atoms with Crippen LogP contribution in [0.25, 0.3) is 6.08 Å². The first kappa shape index (κ1) is 30.1. The number of hydrogen-bond donors (Lipinski definition) is 3. The molecule has 3 N–H and O–H groups in total. The predicted octanol–water partition coefficient (Wildman–Crippen LogP) is 6.84. The maximum Gasteiger partial charge on any atom is 0.272 e. The Balaban J connectivity index is 1.50. The first-order valence-corrected chi connectivity index (χ1v) is 14.3. The minimum atomic E-state index is -0.507. The predicted molar refractivity (Wildman–Crippen MR) is 170 cm³/mol. The molecule has 42 heavy (non-hydrogen) atoms. The van der Waals surface area contributed by atoms with E-state index in [-0.39, 0.29) is 16.9 Å². The number of aryl methyl sites for hydroxylation is 2. The van der Waals surface area contributed by atoms with E-state index in [0.717, 1.165) is 21.7 Å². The second-order valence-corrected chi connectivity index (χ2v) is 11.1. The maximum absolute atomic E-state index is 13.5. The lowest BCUT2D eigenvalue weighted by atomic mass is 10.1. The molecule has 7 nitrogen and oxygen atoms in total. The zero-order chi connectivity index (χ0) is 30.1. The van der Waals surface area contributed by atoms with E-state index < -0.39 is 11.8 Å². The van der Waals surface area contributed by atoms with E-state index in [0.29, 0.717) is 22.6 Å². The van der Waals surface area contributed by atoms with Crippen LogP contribution >= 0.6 is 11.8 Å². The first-order chi connectivity index (χ1) is 20.2. The van der Waals surface area contributed by atoms with E-state index in [4.69, 9.17) is 4.74 Å². The molecule has 1 atom stereocenters.